The molecule has 1 aliphatic rings. The van der Waals surface area contributed by atoms with Gasteiger partial charge in [-0.25, -0.2) is 4.39 Å². The second-order valence-electron chi connectivity index (χ2n) is 3.79. The number of nitrogen functional groups attached to an aromatic ring is 1. The first-order valence-electron chi connectivity index (χ1n) is 5.17. The second kappa shape index (κ2) is 4.86. The van der Waals surface area contributed by atoms with E-state index in [4.69, 9.17) is 5.73 Å². The summed E-state index contributed by atoms with van der Waals surface area (Å²) in [7, 11) is 0. The smallest absolute Gasteiger partial charge is 0.138 e. The van der Waals surface area contributed by atoms with Crippen LogP contribution in [0.25, 0.3) is 0 Å². The molecule has 2 nitrogen and oxygen atoms in total. The summed E-state index contributed by atoms with van der Waals surface area (Å²) in [6.45, 7) is 1.09. The van der Waals surface area contributed by atoms with Crippen molar-refractivity contribution in [2.75, 3.05) is 18.0 Å². The number of hydrogen-bond donors (Lipinski definition) is 2. The molecule has 0 saturated carbocycles. The number of benzene rings is 1. The minimum Gasteiger partial charge on any atom is -0.399 e. The van der Waals surface area contributed by atoms with Gasteiger partial charge < -0.3 is 11.1 Å². The summed E-state index contributed by atoms with van der Waals surface area (Å²) in [5, 5.41) is 3.39. The molecular formula is C11H15FN2S. The molecule has 0 bridgehead atoms. The molecule has 0 spiro atoms. The number of anilines is 1. The van der Waals surface area contributed by atoms with Gasteiger partial charge in [-0.15, -0.1) is 11.8 Å². The van der Waals surface area contributed by atoms with Crippen molar-refractivity contribution < 1.29 is 4.39 Å². The van der Waals surface area contributed by atoms with Crippen molar-refractivity contribution in [3.8, 4) is 0 Å². The maximum absolute atomic E-state index is 13.4. The third-order valence-electron chi connectivity index (χ3n) is 2.56. The number of halogens is 1. The van der Waals surface area contributed by atoms with E-state index >= 15 is 0 Å². The molecule has 1 aromatic rings. The predicted octanol–water partition coefficient (Wildman–Crippen LogP) is 2.25. The van der Waals surface area contributed by atoms with E-state index in [0.29, 0.717) is 16.6 Å². The minimum atomic E-state index is -0.210. The number of nitrogens with one attached hydrogen (secondary N) is 1. The number of rotatable bonds is 3. The zero-order valence-corrected chi connectivity index (χ0v) is 9.32. The second-order valence-corrected chi connectivity index (χ2v) is 4.86. The van der Waals surface area contributed by atoms with Gasteiger partial charge in [0.05, 0.1) is 0 Å². The highest BCUT2D eigenvalue weighted by Crippen LogP contribution is 2.25. The maximum atomic E-state index is 13.4. The van der Waals surface area contributed by atoms with Crippen LogP contribution in [0.2, 0.25) is 0 Å². The molecule has 1 fully saturated rings. The van der Waals surface area contributed by atoms with E-state index in [-0.39, 0.29) is 5.82 Å². The molecule has 15 heavy (non-hydrogen) atoms. The van der Waals surface area contributed by atoms with Gasteiger partial charge in [0.15, 0.2) is 0 Å². The fourth-order valence-corrected chi connectivity index (χ4v) is 2.75. The molecule has 4 heteroatoms. The van der Waals surface area contributed by atoms with Gasteiger partial charge in [0.25, 0.3) is 0 Å². The zero-order chi connectivity index (χ0) is 10.7. The third-order valence-corrected chi connectivity index (χ3v) is 3.77. The lowest BCUT2D eigenvalue weighted by atomic mass is 10.3. The first-order chi connectivity index (χ1) is 7.25. The van der Waals surface area contributed by atoms with Crippen LogP contribution in [0.3, 0.4) is 0 Å². The molecule has 0 aliphatic carbocycles. The Morgan fingerprint density at radius 1 is 1.53 bits per heavy atom. The Balaban J connectivity index is 1.92. The third kappa shape index (κ3) is 2.86. The summed E-state index contributed by atoms with van der Waals surface area (Å²) in [4.78, 5) is 0.693. The SMILES string of the molecule is Nc1ccc(SC[C@H]2CCCN2)c(F)c1. The van der Waals surface area contributed by atoms with Crippen LogP contribution in [0.1, 0.15) is 12.8 Å². The van der Waals surface area contributed by atoms with E-state index in [9.17, 15) is 4.39 Å². The molecule has 0 amide bonds. The minimum absolute atomic E-state index is 0.210. The van der Waals surface area contributed by atoms with Crippen LogP contribution in [-0.4, -0.2) is 18.3 Å². The molecular weight excluding hydrogens is 211 g/mol. The molecule has 1 aromatic carbocycles. The Morgan fingerprint density at radius 2 is 2.40 bits per heavy atom. The Kier molecular flexibility index (Phi) is 3.49. The van der Waals surface area contributed by atoms with Crippen molar-refractivity contribution in [2.45, 2.75) is 23.8 Å². The van der Waals surface area contributed by atoms with E-state index in [1.165, 1.54) is 18.9 Å². The summed E-state index contributed by atoms with van der Waals surface area (Å²) in [6.07, 6.45) is 2.43. The lowest BCUT2D eigenvalue weighted by molar-refractivity contribution is 0.602. The molecule has 1 heterocycles. The van der Waals surface area contributed by atoms with Crippen LogP contribution >= 0.6 is 11.8 Å². The van der Waals surface area contributed by atoms with Crippen molar-refractivity contribution in [2.24, 2.45) is 0 Å². The van der Waals surface area contributed by atoms with Crippen molar-refractivity contribution in [1.29, 1.82) is 0 Å². The van der Waals surface area contributed by atoms with Crippen LogP contribution in [0.4, 0.5) is 10.1 Å². The number of nitrogens with two attached hydrogens (primary N) is 1. The largest absolute Gasteiger partial charge is 0.399 e. The average Bonchev–Trinajstić information content (AvgIpc) is 2.69. The van der Waals surface area contributed by atoms with Gasteiger partial charge in [0.2, 0.25) is 0 Å². The van der Waals surface area contributed by atoms with Crippen molar-refractivity contribution >= 4 is 17.4 Å². The van der Waals surface area contributed by atoms with Crippen molar-refractivity contribution in [3.05, 3.63) is 24.0 Å². The lowest BCUT2D eigenvalue weighted by Crippen LogP contribution is -2.23. The predicted molar refractivity (Wildman–Crippen MR) is 62.6 cm³/mol. The van der Waals surface area contributed by atoms with Gasteiger partial charge in [-0.2, -0.15) is 0 Å². The van der Waals surface area contributed by atoms with E-state index < -0.39 is 0 Å². The summed E-state index contributed by atoms with van der Waals surface area (Å²) in [6, 6.07) is 5.41. The van der Waals surface area contributed by atoms with Gasteiger partial charge >= 0.3 is 0 Å². The van der Waals surface area contributed by atoms with Crippen LogP contribution in [0.5, 0.6) is 0 Å². The molecule has 0 aromatic heterocycles. The number of thioether (sulfide) groups is 1. The van der Waals surface area contributed by atoms with E-state index in [0.717, 1.165) is 12.3 Å². The fraction of sp³-hybridized carbons (Fsp3) is 0.455. The first-order valence-corrected chi connectivity index (χ1v) is 6.15. The molecule has 82 valence electrons. The highest BCUT2D eigenvalue weighted by atomic mass is 32.2. The van der Waals surface area contributed by atoms with E-state index in [1.807, 2.05) is 0 Å². The highest BCUT2D eigenvalue weighted by Gasteiger charge is 2.14. The molecule has 0 unspecified atom stereocenters. The van der Waals surface area contributed by atoms with Crippen LogP contribution in [0, 0.1) is 5.82 Å². The Hall–Kier alpha value is -0.740. The summed E-state index contributed by atoms with van der Waals surface area (Å²) < 4.78 is 13.4. The average molecular weight is 226 g/mol. The van der Waals surface area contributed by atoms with Crippen LogP contribution in [0.15, 0.2) is 23.1 Å². The Bertz CT molecular complexity index is 337. The lowest BCUT2D eigenvalue weighted by Gasteiger charge is -2.09. The molecule has 1 aliphatic heterocycles. The number of hydrogen-bond acceptors (Lipinski definition) is 3. The van der Waals surface area contributed by atoms with Crippen molar-refractivity contribution in [1.82, 2.24) is 5.32 Å². The summed E-state index contributed by atoms with van der Waals surface area (Å²) >= 11 is 1.56. The summed E-state index contributed by atoms with van der Waals surface area (Å²) in [5.41, 5.74) is 5.97. The van der Waals surface area contributed by atoms with E-state index in [1.54, 1.807) is 23.9 Å². The fourth-order valence-electron chi connectivity index (χ4n) is 1.72. The van der Waals surface area contributed by atoms with Crippen LogP contribution < -0.4 is 11.1 Å². The molecule has 1 saturated heterocycles. The van der Waals surface area contributed by atoms with Crippen molar-refractivity contribution in [3.63, 3.8) is 0 Å². The van der Waals surface area contributed by atoms with Gasteiger partial charge in [-0.05, 0) is 37.6 Å². The summed E-state index contributed by atoms with van der Waals surface area (Å²) in [5.74, 6) is 0.721. The van der Waals surface area contributed by atoms with E-state index in [2.05, 4.69) is 5.32 Å². The standard InChI is InChI=1S/C11H15FN2S/c12-10-6-8(13)3-4-11(10)15-7-9-2-1-5-14-9/h3-4,6,9,14H,1-2,5,7,13H2/t9-/m1/s1. The van der Waals surface area contributed by atoms with Gasteiger partial charge in [-0.3, -0.25) is 0 Å². The van der Waals surface area contributed by atoms with Gasteiger partial charge in [0.1, 0.15) is 5.82 Å². The van der Waals surface area contributed by atoms with Gasteiger partial charge in [0, 0.05) is 22.4 Å². The topological polar surface area (TPSA) is 38.0 Å². The monoisotopic (exact) mass is 226 g/mol. The highest BCUT2D eigenvalue weighted by molar-refractivity contribution is 7.99. The molecule has 1 atom stereocenters. The first kappa shape index (κ1) is 10.8. The zero-order valence-electron chi connectivity index (χ0n) is 8.50. The maximum Gasteiger partial charge on any atom is 0.138 e. The quantitative estimate of drug-likeness (QED) is 0.613. The molecule has 2 rings (SSSR count). The molecule has 3 N–H and O–H groups in total. The molecule has 0 radical (unpaired) electrons. The van der Waals surface area contributed by atoms with Gasteiger partial charge in [-0.1, -0.05) is 0 Å². The Labute approximate surface area is 93.4 Å². The Morgan fingerprint density at radius 3 is 3.07 bits per heavy atom. The van der Waals surface area contributed by atoms with Crippen LogP contribution in [-0.2, 0) is 0 Å². The normalized spacial score (nSPS) is 20.7.